The van der Waals surface area contributed by atoms with E-state index in [9.17, 15) is 9.59 Å². The van der Waals surface area contributed by atoms with Crippen LogP contribution in [0.4, 0.5) is 0 Å². The molecule has 0 bridgehead atoms. The summed E-state index contributed by atoms with van der Waals surface area (Å²) in [7, 11) is 0. The number of esters is 1. The third-order valence-corrected chi connectivity index (χ3v) is 5.70. The Balaban J connectivity index is 1.28. The molecule has 2 aromatic carbocycles. The van der Waals surface area contributed by atoms with Gasteiger partial charge in [-0.25, -0.2) is 4.79 Å². The first kappa shape index (κ1) is 23.3. The molecule has 1 N–H and O–H groups in total. The molecular weight excluding hydrogens is 432 g/mol. The summed E-state index contributed by atoms with van der Waals surface area (Å²) in [5.41, 5.74) is 2.21. The van der Waals surface area contributed by atoms with Crippen molar-refractivity contribution in [3.8, 4) is 0 Å². The van der Waals surface area contributed by atoms with Gasteiger partial charge in [-0.2, -0.15) is 4.68 Å². The fourth-order valence-electron chi connectivity index (χ4n) is 3.92. The summed E-state index contributed by atoms with van der Waals surface area (Å²) < 4.78 is 6.61. The second-order valence-corrected chi connectivity index (χ2v) is 8.26. The summed E-state index contributed by atoms with van der Waals surface area (Å²) in [6, 6.07) is 19.7. The lowest BCUT2D eigenvalue weighted by molar-refractivity contribution is -0.143. The van der Waals surface area contributed by atoms with Crippen molar-refractivity contribution < 1.29 is 14.3 Å². The minimum absolute atomic E-state index is 0.0688. The predicted molar refractivity (Wildman–Crippen MR) is 127 cm³/mol. The maximum atomic E-state index is 12.8. The number of benzene rings is 2. The molecular formula is C25H28N6O3. The Morgan fingerprint density at radius 2 is 1.74 bits per heavy atom. The largest absolute Gasteiger partial charge is 0.451 e. The van der Waals surface area contributed by atoms with Crippen LogP contribution in [0.1, 0.15) is 29.8 Å². The molecule has 3 aromatic rings. The number of nitrogens with zero attached hydrogens (tertiary/aromatic N) is 5. The fraction of sp³-hybridized carbons (Fsp3) is 0.320. The van der Waals surface area contributed by atoms with Gasteiger partial charge in [0.25, 0.3) is 5.91 Å². The Kier molecular flexibility index (Phi) is 7.77. The van der Waals surface area contributed by atoms with E-state index in [1.807, 2.05) is 48.5 Å². The molecule has 1 fully saturated rings. The minimum atomic E-state index is -0.674. The Hall–Kier alpha value is -3.85. The number of likely N-dealkylation sites (tertiary alicyclic amines) is 1. The zero-order valence-corrected chi connectivity index (χ0v) is 19.1. The van der Waals surface area contributed by atoms with Crippen molar-refractivity contribution >= 4 is 23.6 Å². The second-order valence-electron chi connectivity index (χ2n) is 8.26. The minimum Gasteiger partial charge on any atom is -0.451 e. The first-order valence-electron chi connectivity index (χ1n) is 11.3. The average Bonchev–Trinajstić information content (AvgIpc) is 3.29. The van der Waals surface area contributed by atoms with Gasteiger partial charge in [-0.15, -0.1) is 5.10 Å². The second kappa shape index (κ2) is 11.3. The highest BCUT2D eigenvalue weighted by atomic mass is 16.5. The van der Waals surface area contributed by atoms with Crippen LogP contribution in [0, 0.1) is 6.92 Å². The van der Waals surface area contributed by atoms with E-state index in [0.29, 0.717) is 5.82 Å². The quantitative estimate of drug-likeness (QED) is 0.406. The first-order chi connectivity index (χ1) is 16.6. The first-order valence-corrected chi connectivity index (χ1v) is 11.3. The van der Waals surface area contributed by atoms with Crippen LogP contribution in [-0.2, 0) is 20.9 Å². The van der Waals surface area contributed by atoms with Crippen molar-refractivity contribution in [2.75, 3.05) is 19.7 Å². The highest BCUT2D eigenvalue weighted by molar-refractivity contribution is 6.15. The van der Waals surface area contributed by atoms with Crippen molar-refractivity contribution in [2.24, 2.45) is 0 Å². The summed E-state index contributed by atoms with van der Waals surface area (Å²) in [5.74, 6) is -0.555. The van der Waals surface area contributed by atoms with Crippen LogP contribution >= 0.6 is 0 Å². The van der Waals surface area contributed by atoms with Gasteiger partial charge in [-0.05, 0) is 47.4 Å². The summed E-state index contributed by atoms with van der Waals surface area (Å²) in [5, 5.41) is 14.3. The number of piperidine rings is 1. The Labute approximate surface area is 198 Å². The van der Waals surface area contributed by atoms with Gasteiger partial charge in [0.15, 0.2) is 18.1 Å². The number of carbonyl (C=O) groups is 2. The zero-order chi connectivity index (χ0) is 23.8. The molecule has 1 aliphatic heterocycles. The normalized spacial score (nSPS) is 15.1. The molecule has 176 valence electrons. The van der Waals surface area contributed by atoms with E-state index in [1.165, 1.54) is 10.2 Å². The number of carbonyl (C=O) groups excluding carboxylic acids is 2. The third-order valence-electron chi connectivity index (χ3n) is 5.70. The molecule has 0 unspecified atom stereocenters. The maximum absolute atomic E-state index is 12.8. The Bertz CT molecular complexity index is 1120. The molecule has 0 aliphatic carbocycles. The van der Waals surface area contributed by atoms with Crippen LogP contribution in [0.5, 0.6) is 0 Å². The molecule has 34 heavy (non-hydrogen) atoms. The van der Waals surface area contributed by atoms with Gasteiger partial charge in [-0.3, -0.25) is 9.69 Å². The number of hydrogen-bond donors (Lipinski definition) is 1. The number of aryl methyl sites for hydroxylation is 1. The lowest BCUT2D eigenvalue weighted by Gasteiger charge is -2.32. The number of aromatic nitrogens is 4. The van der Waals surface area contributed by atoms with Crippen LogP contribution in [-0.4, -0.2) is 62.7 Å². The van der Waals surface area contributed by atoms with Crippen molar-refractivity contribution in [1.29, 1.82) is 0 Å². The van der Waals surface area contributed by atoms with E-state index in [2.05, 4.69) is 37.9 Å². The number of amides is 1. The monoisotopic (exact) mass is 460 g/mol. The van der Waals surface area contributed by atoms with E-state index in [0.717, 1.165) is 38.0 Å². The number of rotatable bonds is 8. The lowest BCUT2D eigenvalue weighted by atomic mass is 10.0. The van der Waals surface area contributed by atoms with Crippen molar-refractivity contribution in [2.45, 2.75) is 32.4 Å². The van der Waals surface area contributed by atoms with E-state index in [-0.39, 0.29) is 24.3 Å². The summed E-state index contributed by atoms with van der Waals surface area (Å²) in [6.07, 6.45) is 3.34. The van der Waals surface area contributed by atoms with Crippen molar-refractivity contribution in [1.82, 2.24) is 30.4 Å². The molecule has 4 rings (SSSR count). The Morgan fingerprint density at radius 1 is 1.06 bits per heavy atom. The van der Waals surface area contributed by atoms with Crippen molar-refractivity contribution in [3.63, 3.8) is 0 Å². The predicted octanol–water partition coefficient (Wildman–Crippen LogP) is 2.30. The zero-order valence-electron chi connectivity index (χ0n) is 19.1. The fourth-order valence-corrected chi connectivity index (χ4v) is 3.92. The molecule has 9 nitrogen and oxygen atoms in total. The van der Waals surface area contributed by atoms with E-state index in [1.54, 1.807) is 13.0 Å². The molecule has 0 radical (unpaired) electrons. The van der Waals surface area contributed by atoms with E-state index < -0.39 is 5.97 Å². The van der Waals surface area contributed by atoms with Crippen LogP contribution in [0.15, 0.2) is 60.7 Å². The van der Waals surface area contributed by atoms with Gasteiger partial charge in [-0.1, -0.05) is 60.7 Å². The topological polar surface area (TPSA) is 102 Å². The van der Waals surface area contributed by atoms with Gasteiger partial charge in [0.05, 0.1) is 0 Å². The molecule has 0 atom stereocenters. The van der Waals surface area contributed by atoms with Gasteiger partial charge in [0, 0.05) is 25.7 Å². The number of hydrogen-bond acceptors (Lipinski definition) is 7. The SMILES string of the molecule is Cc1nnnn1/C(=C\c1ccccc1)C(=O)OCC(=O)NC1CCN(Cc2ccccc2)CC1. The van der Waals surface area contributed by atoms with Crippen molar-refractivity contribution in [3.05, 3.63) is 77.6 Å². The molecule has 2 heterocycles. The van der Waals surface area contributed by atoms with Gasteiger partial charge < -0.3 is 10.1 Å². The molecule has 9 heteroatoms. The van der Waals surface area contributed by atoms with Crippen LogP contribution < -0.4 is 5.32 Å². The van der Waals surface area contributed by atoms with Gasteiger partial charge in [0.1, 0.15) is 0 Å². The van der Waals surface area contributed by atoms with Crippen LogP contribution in [0.2, 0.25) is 0 Å². The standard InChI is InChI=1S/C25H28N6O3/c1-19-27-28-29-31(19)23(16-20-8-4-2-5-9-20)25(33)34-18-24(32)26-22-12-14-30(15-13-22)17-21-10-6-3-7-11-21/h2-11,16,22H,12-15,17-18H2,1H3,(H,26,32)/b23-16-. The van der Waals surface area contributed by atoms with Crippen LogP contribution in [0.25, 0.3) is 11.8 Å². The highest BCUT2D eigenvalue weighted by Crippen LogP contribution is 2.15. The third kappa shape index (κ3) is 6.35. The van der Waals surface area contributed by atoms with E-state index >= 15 is 0 Å². The molecule has 1 saturated heterocycles. The highest BCUT2D eigenvalue weighted by Gasteiger charge is 2.23. The molecule has 1 amide bonds. The Morgan fingerprint density at radius 3 is 2.38 bits per heavy atom. The molecule has 1 aliphatic rings. The summed E-state index contributed by atoms with van der Waals surface area (Å²) in [4.78, 5) is 27.7. The molecule has 1 aromatic heterocycles. The van der Waals surface area contributed by atoms with E-state index in [4.69, 9.17) is 4.74 Å². The van der Waals surface area contributed by atoms with Crippen LogP contribution in [0.3, 0.4) is 0 Å². The lowest BCUT2D eigenvalue weighted by Crippen LogP contribution is -2.45. The average molecular weight is 461 g/mol. The number of tetrazole rings is 1. The summed E-state index contributed by atoms with van der Waals surface area (Å²) in [6.45, 7) is 4.04. The number of nitrogens with one attached hydrogen (secondary N) is 1. The maximum Gasteiger partial charge on any atom is 0.357 e. The smallest absolute Gasteiger partial charge is 0.357 e. The number of ether oxygens (including phenoxy) is 1. The molecule has 0 spiro atoms. The molecule has 0 saturated carbocycles. The van der Waals surface area contributed by atoms with Gasteiger partial charge >= 0.3 is 5.97 Å². The van der Waals surface area contributed by atoms with Gasteiger partial charge in [0.2, 0.25) is 0 Å². The summed E-state index contributed by atoms with van der Waals surface area (Å²) >= 11 is 0.